The molecule has 2 heterocycles. The van der Waals surface area contributed by atoms with Gasteiger partial charge in [0.1, 0.15) is 30.7 Å². The number of likely N-dealkylation sites (N-methyl/N-ethyl adjacent to an activating group) is 1. The van der Waals surface area contributed by atoms with Crippen molar-refractivity contribution in [1.29, 1.82) is 0 Å². The highest BCUT2D eigenvalue weighted by Crippen LogP contribution is 2.43. The summed E-state index contributed by atoms with van der Waals surface area (Å²) in [6.07, 6.45) is -4.41. The van der Waals surface area contributed by atoms with E-state index in [1.54, 1.807) is 31.0 Å². The third kappa shape index (κ3) is 10.4. The average Bonchev–Trinajstić information content (AvgIpc) is 3.67. The van der Waals surface area contributed by atoms with Crippen molar-refractivity contribution in [2.45, 2.75) is 123 Å². The molecule has 292 valence electrons. The van der Waals surface area contributed by atoms with Crippen molar-refractivity contribution < 1.29 is 61.6 Å². The van der Waals surface area contributed by atoms with E-state index in [4.69, 9.17) is 28.4 Å². The summed E-state index contributed by atoms with van der Waals surface area (Å²) in [5.74, 6) is -4.22. The number of carbonyl (C=O) groups excluding carboxylic acids is 6. The predicted octanol–water partition coefficient (Wildman–Crippen LogP) is 2.49. The molecular weight excluding hydrogens is 697 g/mol. The van der Waals surface area contributed by atoms with E-state index in [0.717, 1.165) is 32.8 Å². The summed E-state index contributed by atoms with van der Waals surface area (Å²) in [5.41, 5.74) is 1.85. The first-order valence-corrected chi connectivity index (χ1v) is 17.7. The van der Waals surface area contributed by atoms with Gasteiger partial charge in [-0.3, -0.25) is 28.8 Å². The quantitative estimate of drug-likeness (QED) is 0.209. The van der Waals surface area contributed by atoms with Crippen LogP contribution in [0.15, 0.2) is 24.3 Å². The first kappa shape index (κ1) is 41.3. The molecule has 0 spiro atoms. The lowest BCUT2D eigenvalue weighted by Gasteiger charge is -2.44. The second kappa shape index (κ2) is 18.1. The van der Waals surface area contributed by atoms with Crippen molar-refractivity contribution in [3.63, 3.8) is 0 Å². The van der Waals surface area contributed by atoms with E-state index in [1.807, 2.05) is 13.8 Å². The van der Waals surface area contributed by atoms with Crippen molar-refractivity contribution >= 4 is 41.3 Å². The summed E-state index contributed by atoms with van der Waals surface area (Å²) in [7, 11) is 1.67. The average molecular weight is 748 g/mol. The van der Waals surface area contributed by atoms with Crippen LogP contribution < -0.4 is 10.6 Å². The Bertz CT molecular complexity index is 1580. The SMILES string of the molecule is CN[C@@H](C)C(=O)N[C@H](C(=O)N1CCC[C@H]1CC1=CC(OC2O[C@H](COC(C)=O)[C@H](OC(C)=O)[C@H](OC(C)=O)[C@H]2OC(C)=O)c2cc(F)ccc21)C(C)C. The summed E-state index contributed by atoms with van der Waals surface area (Å²) in [6.45, 7) is 10.0. The van der Waals surface area contributed by atoms with Crippen LogP contribution in [-0.2, 0) is 57.2 Å². The third-order valence-corrected chi connectivity index (χ3v) is 9.42. The van der Waals surface area contributed by atoms with E-state index in [1.165, 1.54) is 19.1 Å². The van der Waals surface area contributed by atoms with Crippen LogP contribution in [0.2, 0.25) is 0 Å². The van der Waals surface area contributed by atoms with Crippen LogP contribution in [-0.4, -0.2) is 110 Å². The number of amides is 2. The molecule has 2 fully saturated rings. The normalized spacial score (nSPS) is 26.2. The Kier molecular flexibility index (Phi) is 14.1. The van der Waals surface area contributed by atoms with Gasteiger partial charge >= 0.3 is 23.9 Å². The van der Waals surface area contributed by atoms with Crippen molar-refractivity contribution in [1.82, 2.24) is 15.5 Å². The molecule has 9 atom stereocenters. The fourth-order valence-corrected chi connectivity index (χ4v) is 6.85. The minimum atomic E-state index is -1.49. The first-order chi connectivity index (χ1) is 25.0. The van der Waals surface area contributed by atoms with Gasteiger partial charge in [-0.05, 0) is 74.1 Å². The molecule has 2 amide bonds. The van der Waals surface area contributed by atoms with Crippen molar-refractivity contribution in [3.8, 4) is 0 Å². The van der Waals surface area contributed by atoms with E-state index in [-0.39, 0.29) is 23.8 Å². The smallest absolute Gasteiger partial charge is 0.303 e. The van der Waals surface area contributed by atoms with Crippen LogP contribution in [0.5, 0.6) is 0 Å². The lowest BCUT2D eigenvalue weighted by atomic mass is 9.97. The zero-order chi connectivity index (χ0) is 39.1. The summed E-state index contributed by atoms with van der Waals surface area (Å²) >= 11 is 0. The maximum absolute atomic E-state index is 14.8. The van der Waals surface area contributed by atoms with Gasteiger partial charge in [-0.15, -0.1) is 0 Å². The molecule has 1 aromatic rings. The number of rotatable bonds is 14. The van der Waals surface area contributed by atoms with Crippen molar-refractivity contribution in [2.24, 2.45) is 5.92 Å². The zero-order valence-electron chi connectivity index (χ0n) is 31.3. The molecule has 2 aliphatic heterocycles. The standard InChI is InChI=1S/C37H50FN3O12/c1-18(2)31(40-35(46)19(3)39-8)36(47)41-13-9-10-26(41)14-24-15-29(28-16-25(38)11-12-27(24)28)52-37-34(51-23(7)45)33(50-22(6)44)32(49-21(5)43)30(53-37)17-48-20(4)42/h11-12,15-16,18-19,26,29-34,37,39H,9-10,13-14,17H2,1-8H3,(H,40,46)/t19-,26-,29?,30+,31-,32-,33-,34+,37?/m0/s1. The van der Waals surface area contributed by atoms with E-state index < -0.39 is 85.2 Å². The largest absolute Gasteiger partial charge is 0.463 e. The molecule has 2 N–H and O–H groups in total. The number of ether oxygens (including phenoxy) is 6. The van der Waals surface area contributed by atoms with Gasteiger partial charge in [0.25, 0.3) is 0 Å². The van der Waals surface area contributed by atoms with Gasteiger partial charge in [0.05, 0.1) is 6.04 Å². The zero-order valence-corrected chi connectivity index (χ0v) is 31.3. The molecule has 16 heteroatoms. The topological polar surface area (TPSA) is 185 Å². The van der Waals surface area contributed by atoms with E-state index >= 15 is 0 Å². The number of benzene rings is 1. The Morgan fingerprint density at radius 1 is 0.925 bits per heavy atom. The Morgan fingerprint density at radius 2 is 1.57 bits per heavy atom. The molecule has 2 saturated heterocycles. The monoisotopic (exact) mass is 747 g/mol. The van der Waals surface area contributed by atoms with E-state index in [0.29, 0.717) is 30.5 Å². The van der Waals surface area contributed by atoms with Gasteiger partial charge in [-0.2, -0.15) is 0 Å². The highest BCUT2D eigenvalue weighted by molar-refractivity contribution is 5.90. The molecule has 0 saturated carbocycles. The van der Waals surface area contributed by atoms with Gasteiger partial charge < -0.3 is 44.0 Å². The number of nitrogens with one attached hydrogen (secondary N) is 2. The Balaban J connectivity index is 1.66. The number of esters is 4. The van der Waals surface area contributed by atoms with Gasteiger partial charge in [-0.1, -0.05) is 19.9 Å². The molecule has 1 aromatic carbocycles. The summed E-state index contributed by atoms with van der Waals surface area (Å²) in [4.78, 5) is 77.0. The lowest BCUT2D eigenvalue weighted by Crippen LogP contribution is -2.63. The maximum Gasteiger partial charge on any atom is 0.303 e. The molecule has 2 unspecified atom stereocenters. The van der Waals surface area contributed by atoms with Crippen LogP contribution >= 0.6 is 0 Å². The molecule has 4 rings (SSSR count). The minimum absolute atomic E-state index is 0.175. The fraction of sp³-hybridized carbons (Fsp3) is 0.622. The molecule has 0 aromatic heterocycles. The van der Waals surface area contributed by atoms with Gasteiger partial charge in [0.15, 0.2) is 24.6 Å². The summed E-state index contributed by atoms with van der Waals surface area (Å²) in [5, 5.41) is 5.78. The number of carbonyl (C=O) groups is 6. The molecule has 53 heavy (non-hydrogen) atoms. The summed E-state index contributed by atoms with van der Waals surface area (Å²) < 4.78 is 49.1. The Morgan fingerprint density at radius 3 is 2.17 bits per heavy atom. The van der Waals surface area contributed by atoms with Crippen LogP contribution in [0, 0.1) is 11.7 Å². The molecule has 0 radical (unpaired) electrons. The number of hydrogen-bond donors (Lipinski definition) is 2. The highest BCUT2D eigenvalue weighted by Gasteiger charge is 2.53. The minimum Gasteiger partial charge on any atom is -0.463 e. The second-order valence-electron chi connectivity index (χ2n) is 13.8. The molecular formula is C37H50FN3O12. The predicted molar refractivity (Wildman–Crippen MR) is 185 cm³/mol. The number of likely N-dealkylation sites (tertiary alicyclic amines) is 1. The van der Waals surface area contributed by atoms with Crippen molar-refractivity contribution in [3.05, 3.63) is 41.2 Å². The van der Waals surface area contributed by atoms with Crippen molar-refractivity contribution in [2.75, 3.05) is 20.2 Å². The third-order valence-electron chi connectivity index (χ3n) is 9.42. The van der Waals surface area contributed by atoms with Crippen LogP contribution in [0.4, 0.5) is 4.39 Å². The van der Waals surface area contributed by atoms with Gasteiger partial charge in [-0.25, -0.2) is 4.39 Å². The maximum atomic E-state index is 14.8. The number of nitrogens with zero attached hydrogens (tertiary/aromatic N) is 1. The number of halogens is 1. The Labute approximate surface area is 308 Å². The fourth-order valence-electron chi connectivity index (χ4n) is 6.85. The Hall–Kier alpha value is -4.41. The van der Waals surface area contributed by atoms with E-state index in [9.17, 15) is 33.2 Å². The number of hydrogen-bond acceptors (Lipinski definition) is 13. The molecule has 0 bridgehead atoms. The lowest BCUT2D eigenvalue weighted by molar-refractivity contribution is -0.314. The number of fused-ring (bicyclic) bond motifs is 1. The highest BCUT2D eigenvalue weighted by atomic mass is 19.1. The van der Waals surface area contributed by atoms with E-state index in [2.05, 4.69) is 10.6 Å². The molecule has 15 nitrogen and oxygen atoms in total. The first-order valence-electron chi connectivity index (χ1n) is 17.7. The van der Waals surface area contributed by atoms with Crippen LogP contribution in [0.25, 0.3) is 5.57 Å². The van der Waals surface area contributed by atoms with Gasteiger partial charge in [0, 0.05) is 40.3 Å². The summed E-state index contributed by atoms with van der Waals surface area (Å²) in [6, 6.07) is 2.77. The van der Waals surface area contributed by atoms with Crippen LogP contribution in [0.3, 0.4) is 0 Å². The molecule has 1 aliphatic carbocycles. The second-order valence-corrected chi connectivity index (χ2v) is 13.8. The molecule has 3 aliphatic rings. The van der Waals surface area contributed by atoms with Gasteiger partial charge in [0.2, 0.25) is 11.8 Å². The van der Waals surface area contributed by atoms with Crippen LogP contribution in [0.1, 0.15) is 85.0 Å².